The quantitative estimate of drug-likeness (QED) is 0.256. The molecule has 0 unspecified atom stereocenters. The van der Waals surface area contributed by atoms with Crippen molar-refractivity contribution < 1.29 is 27.8 Å². The number of hydrogen-bond donors (Lipinski definition) is 2. The van der Waals surface area contributed by atoms with Crippen molar-refractivity contribution in [2.75, 3.05) is 50.0 Å². The molecule has 2 aromatic carbocycles. The van der Waals surface area contributed by atoms with E-state index >= 15 is 4.39 Å². The van der Waals surface area contributed by atoms with Crippen molar-refractivity contribution in [3.63, 3.8) is 0 Å². The number of fused-ring (bicyclic) bond motifs is 2. The van der Waals surface area contributed by atoms with Crippen molar-refractivity contribution in [1.29, 1.82) is 5.26 Å². The molecule has 2 atom stereocenters. The number of aromatic nitrogens is 2. The number of nitriles is 1. The van der Waals surface area contributed by atoms with E-state index in [1.165, 1.54) is 12.1 Å². The molecule has 3 fully saturated rings. The lowest BCUT2D eigenvalue weighted by Gasteiger charge is -2.40. The fourth-order valence-corrected chi connectivity index (χ4v) is 8.96. The summed E-state index contributed by atoms with van der Waals surface area (Å²) in [5.41, 5.74) is 4.57. The second-order valence-corrected chi connectivity index (χ2v) is 14.3. The number of benzene rings is 2. The maximum atomic E-state index is 17.1. The van der Waals surface area contributed by atoms with Crippen LogP contribution >= 0.6 is 22.9 Å². The molecule has 46 heavy (non-hydrogen) atoms. The minimum Gasteiger partial charge on any atom is -0.489 e. The monoisotopic (exact) mass is 670 g/mol. The molecule has 8 rings (SSSR count). The summed E-state index contributed by atoms with van der Waals surface area (Å²) in [6, 6.07) is 4.46. The van der Waals surface area contributed by atoms with E-state index in [4.69, 9.17) is 31.8 Å². The number of alkyl halides is 1. The lowest BCUT2D eigenvalue weighted by molar-refractivity contribution is -0.0258. The number of nitrogens with zero attached hydrogens (tertiary/aromatic N) is 5. The third-order valence-corrected chi connectivity index (χ3v) is 11.4. The summed E-state index contributed by atoms with van der Waals surface area (Å²) >= 11 is 7.86. The van der Waals surface area contributed by atoms with Crippen LogP contribution in [0.25, 0.3) is 32.1 Å². The van der Waals surface area contributed by atoms with Crippen molar-refractivity contribution >= 4 is 54.7 Å². The average Bonchev–Trinajstić information content (AvgIpc) is 3.62. The van der Waals surface area contributed by atoms with Gasteiger partial charge in [-0.15, -0.1) is 11.3 Å². The maximum Gasteiger partial charge on any atom is 0.319 e. The normalized spacial score (nSPS) is 23.7. The van der Waals surface area contributed by atoms with Crippen LogP contribution in [0.15, 0.2) is 12.1 Å². The predicted octanol–water partition coefficient (Wildman–Crippen LogP) is 5.97. The molecule has 3 aliphatic heterocycles. The number of rotatable bonds is 6. The SMILES string of the molecule is N#Cc1c(N)sc2c(F)ccc(-c3c(Cl)c4c5c(nc(OC[C@@]67CCCN6C[C@H](F)C7)nc5c3F)N(CC3(O)CCC3)CCO4)c12. The smallest absolute Gasteiger partial charge is 0.319 e. The van der Waals surface area contributed by atoms with Gasteiger partial charge in [0.05, 0.1) is 38.4 Å². The molecule has 0 radical (unpaired) electrons. The average molecular weight is 671 g/mol. The zero-order valence-electron chi connectivity index (χ0n) is 24.7. The van der Waals surface area contributed by atoms with Gasteiger partial charge < -0.3 is 25.2 Å². The zero-order chi connectivity index (χ0) is 32.0. The first kappa shape index (κ1) is 29.8. The number of hydrogen-bond acceptors (Lipinski definition) is 10. The molecule has 240 valence electrons. The van der Waals surface area contributed by atoms with Crippen molar-refractivity contribution in [2.24, 2.45) is 0 Å². The van der Waals surface area contributed by atoms with Crippen LogP contribution in [0.4, 0.5) is 24.0 Å². The number of ether oxygens (including phenoxy) is 2. The summed E-state index contributed by atoms with van der Waals surface area (Å²) in [5.74, 6) is -1.00. The van der Waals surface area contributed by atoms with Crippen molar-refractivity contribution in [3.05, 3.63) is 34.4 Å². The number of thiophene rings is 1. The molecule has 1 saturated carbocycles. The fraction of sp³-hybridized carbons (Fsp3) is 0.469. The Morgan fingerprint density at radius 2 is 2.02 bits per heavy atom. The summed E-state index contributed by atoms with van der Waals surface area (Å²) in [6.07, 6.45) is 3.22. The van der Waals surface area contributed by atoms with E-state index in [0.29, 0.717) is 38.2 Å². The van der Waals surface area contributed by atoms with Gasteiger partial charge in [0.15, 0.2) is 11.6 Å². The molecule has 0 bridgehead atoms. The molecule has 4 aliphatic rings. The Balaban J connectivity index is 1.33. The molecule has 2 saturated heterocycles. The summed E-state index contributed by atoms with van der Waals surface area (Å²) in [6.45, 7) is 1.96. The van der Waals surface area contributed by atoms with Crippen LogP contribution in [0.1, 0.15) is 44.1 Å². The number of β-amino-alcohol motifs (C(OH)–C–C–N with tert-alkyl or cyclic N) is 1. The van der Waals surface area contributed by atoms with Crippen LogP contribution in [-0.4, -0.2) is 76.7 Å². The summed E-state index contributed by atoms with van der Waals surface area (Å²) in [5, 5.41) is 21.4. The van der Waals surface area contributed by atoms with Gasteiger partial charge in [-0.05, 0) is 50.3 Å². The Labute approximate surface area is 271 Å². The van der Waals surface area contributed by atoms with E-state index in [-0.39, 0.29) is 79.2 Å². The van der Waals surface area contributed by atoms with E-state index in [9.17, 15) is 19.1 Å². The lowest BCUT2D eigenvalue weighted by atomic mass is 9.80. The molecule has 3 N–H and O–H groups in total. The second-order valence-electron chi connectivity index (χ2n) is 12.8. The molecule has 9 nitrogen and oxygen atoms in total. The van der Waals surface area contributed by atoms with Crippen LogP contribution in [0.5, 0.6) is 11.8 Å². The highest BCUT2D eigenvalue weighted by Crippen LogP contribution is 2.51. The highest BCUT2D eigenvalue weighted by Gasteiger charge is 2.49. The Morgan fingerprint density at radius 3 is 2.78 bits per heavy atom. The Bertz CT molecular complexity index is 1970. The molecule has 0 spiro atoms. The maximum absolute atomic E-state index is 17.1. The molecule has 1 aliphatic carbocycles. The van der Waals surface area contributed by atoms with Crippen LogP contribution < -0.4 is 20.1 Å². The van der Waals surface area contributed by atoms with E-state index in [2.05, 4.69) is 9.88 Å². The standard InChI is InChI=1S/C32H30ClF3N6O3S/c33-23-21(17-3-4-19(35)27-20(17)18(12-37)28(38)46-27)24(36)25-22-26(23)44-10-9-41(14-32(43)6-1-7-32)29(22)40-30(39-25)45-15-31-5-2-8-42(31)13-16(34)11-31/h3-4,16,43H,1-2,5-11,13-15,38H2/t16-,31+/m1/s1. The van der Waals surface area contributed by atoms with Gasteiger partial charge in [0.2, 0.25) is 0 Å². The van der Waals surface area contributed by atoms with Crippen LogP contribution in [0, 0.1) is 23.0 Å². The number of nitrogens with two attached hydrogens (primary N) is 1. The van der Waals surface area contributed by atoms with Crippen molar-refractivity contribution in [2.45, 2.75) is 55.8 Å². The molecule has 14 heteroatoms. The first-order chi connectivity index (χ1) is 22.1. The van der Waals surface area contributed by atoms with Crippen LogP contribution in [0.2, 0.25) is 5.02 Å². The zero-order valence-corrected chi connectivity index (χ0v) is 26.3. The number of nitrogen functional groups attached to an aromatic ring is 1. The van der Waals surface area contributed by atoms with Gasteiger partial charge in [0.25, 0.3) is 0 Å². The van der Waals surface area contributed by atoms with Gasteiger partial charge >= 0.3 is 6.01 Å². The third kappa shape index (κ3) is 4.48. The van der Waals surface area contributed by atoms with Gasteiger partial charge in [-0.2, -0.15) is 15.2 Å². The van der Waals surface area contributed by atoms with Gasteiger partial charge in [-0.1, -0.05) is 17.7 Å². The Hall–Kier alpha value is -3.57. The summed E-state index contributed by atoms with van der Waals surface area (Å²) in [7, 11) is 0. The first-order valence-corrected chi connectivity index (χ1v) is 16.6. The van der Waals surface area contributed by atoms with Gasteiger partial charge in [-0.25, -0.2) is 13.2 Å². The number of halogens is 4. The van der Waals surface area contributed by atoms with Crippen LogP contribution in [0.3, 0.4) is 0 Å². The molecule has 5 heterocycles. The van der Waals surface area contributed by atoms with Crippen LogP contribution in [-0.2, 0) is 0 Å². The molecule has 4 aromatic rings. The highest BCUT2D eigenvalue weighted by molar-refractivity contribution is 7.23. The molecule has 2 aromatic heterocycles. The first-order valence-electron chi connectivity index (χ1n) is 15.4. The number of aliphatic hydroxyl groups is 1. The van der Waals surface area contributed by atoms with E-state index in [1.54, 1.807) is 0 Å². The minimum absolute atomic E-state index is 0.0206. The van der Waals surface area contributed by atoms with Crippen molar-refractivity contribution in [1.82, 2.24) is 14.9 Å². The van der Waals surface area contributed by atoms with Gasteiger partial charge in [0.1, 0.15) is 47.6 Å². The lowest BCUT2D eigenvalue weighted by Crippen LogP contribution is -2.49. The van der Waals surface area contributed by atoms with Crippen molar-refractivity contribution in [3.8, 4) is 29.0 Å². The molecular formula is C32H30ClF3N6O3S. The second kappa shape index (κ2) is 10.7. The topological polar surface area (TPSA) is 121 Å². The molecule has 0 amide bonds. The summed E-state index contributed by atoms with van der Waals surface area (Å²) < 4.78 is 58.9. The van der Waals surface area contributed by atoms with E-state index in [1.807, 2.05) is 11.0 Å². The highest BCUT2D eigenvalue weighted by atomic mass is 35.5. The third-order valence-electron chi connectivity index (χ3n) is 10.0. The fourth-order valence-electron chi connectivity index (χ4n) is 7.67. The Kier molecular flexibility index (Phi) is 6.96. The van der Waals surface area contributed by atoms with E-state index < -0.39 is 28.9 Å². The summed E-state index contributed by atoms with van der Waals surface area (Å²) in [4.78, 5) is 13.2. The van der Waals surface area contributed by atoms with Gasteiger partial charge in [-0.3, -0.25) is 4.90 Å². The predicted molar refractivity (Wildman–Crippen MR) is 169 cm³/mol. The number of anilines is 2. The van der Waals surface area contributed by atoms with E-state index in [0.717, 1.165) is 37.1 Å². The minimum atomic E-state index is -0.955. The van der Waals surface area contributed by atoms with Gasteiger partial charge in [0, 0.05) is 30.5 Å². The Morgan fingerprint density at radius 1 is 1.20 bits per heavy atom. The largest absolute Gasteiger partial charge is 0.489 e. The molecular weight excluding hydrogens is 641 g/mol.